The van der Waals surface area contributed by atoms with Gasteiger partial charge in [0, 0.05) is 26.1 Å². The van der Waals surface area contributed by atoms with Gasteiger partial charge in [-0.1, -0.05) is 57.2 Å². The molecule has 0 aromatic heterocycles. The number of nitrogens with one attached hydrogen (secondary N) is 1. The van der Waals surface area contributed by atoms with Crippen LogP contribution in [0.2, 0.25) is 0 Å². The van der Waals surface area contributed by atoms with Gasteiger partial charge < -0.3 is 10.2 Å². The molecule has 0 saturated heterocycles. The molecule has 0 aliphatic heterocycles. The van der Waals surface area contributed by atoms with E-state index in [4.69, 9.17) is 0 Å². The van der Waals surface area contributed by atoms with Crippen molar-refractivity contribution in [3.63, 3.8) is 0 Å². The van der Waals surface area contributed by atoms with E-state index in [1.807, 2.05) is 51.1 Å². The van der Waals surface area contributed by atoms with Crippen molar-refractivity contribution < 1.29 is 31.2 Å². The zero-order valence-electron chi connectivity index (χ0n) is 22.2. The first-order valence-corrected chi connectivity index (χ1v) is 14.3. The highest BCUT2D eigenvalue weighted by atomic mass is 32.2. The minimum atomic E-state index is -4.63. The largest absolute Gasteiger partial charge is 0.416 e. The van der Waals surface area contributed by atoms with Crippen LogP contribution in [0.5, 0.6) is 0 Å². The summed E-state index contributed by atoms with van der Waals surface area (Å²) in [5, 5.41) is 2.88. The van der Waals surface area contributed by atoms with Gasteiger partial charge in [-0.3, -0.25) is 13.9 Å². The molecule has 1 atom stereocenters. The van der Waals surface area contributed by atoms with E-state index < -0.39 is 27.8 Å². The van der Waals surface area contributed by atoms with E-state index in [1.165, 1.54) is 11.0 Å². The lowest BCUT2D eigenvalue weighted by Gasteiger charge is -2.31. The number of halogens is 3. The van der Waals surface area contributed by atoms with Gasteiger partial charge in [0.2, 0.25) is 21.8 Å². The monoisotopic (exact) mass is 555 g/mol. The van der Waals surface area contributed by atoms with E-state index in [-0.39, 0.29) is 49.4 Å². The topological polar surface area (TPSA) is 86.8 Å². The number of carbonyl (C=O) groups is 2. The smallest absolute Gasteiger partial charge is 0.354 e. The molecular formula is C27H36F3N3O4S. The maximum absolute atomic E-state index is 13.4. The van der Waals surface area contributed by atoms with Gasteiger partial charge >= 0.3 is 6.18 Å². The molecule has 2 rings (SSSR count). The third kappa shape index (κ3) is 9.34. The number of anilines is 1. The maximum Gasteiger partial charge on any atom is 0.416 e. The van der Waals surface area contributed by atoms with Crippen molar-refractivity contribution >= 4 is 27.5 Å². The molecule has 0 unspecified atom stereocenters. The van der Waals surface area contributed by atoms with Crippen LogP contribution < -0.4 is 9.62 Å². The molecule has 0 aliphatic rings. The van der Waals surface area contributed by atoms with Crippen LogP contribution in [0.25, 0.3) is 0 Å². The van der Waals surface area contributed by atoms with Gasteiger partial charge in [0.25, 0.3) is 0 Å². The minimum Gasteiger partial charge on any atom is -0.354 e. The van der Waals surface area contributed by atoms with Crippen LogP contribution in [0.3, 0.4) is 0 Å². The van der Waals surface area contributed by atoms with Gasteiger partial charge in [0.15, 0.2) is 0 Å². The Morgan fingerprint density at radius 1 is 1.03 bits per heavy atom. The molecule has 1 N–H and O–H groups in total. The highest BCUT2D eigenvalue weighted by molar-refractivity contribution is 7.92. The van der Waals surface area contributed by atoms with E-state index in [0.717, 1.165) is 34.3 Å². The molecule has 0 bridgehead atoms. The maximum atomic E-state index is 13.4. The van der Waals surface area contributed by atoms with Crippen LogP contribution in [-0.2, 0) is 32.3 Å². The standard InChI is InChI=1S/C27H36F3N3O4S/c1-5-24(26(35)31-18-20(2)3)32(19-21-11-7-6-8-12-21)25(34)15-10-16-33(38(4,36)37)23-14-9-13-22(17-23)27(28,29)30/h6-9,11-14,17,20,24H,5,10,15-16,18-19H2,1-4H3,(H,31,35)/t24-/m1/s1. The van der Waals surface area contributed by atoms with Gasteiger partial charge in [0.1, 0.15) is 6.04 Å². The number of nitrogens with zero attached hydrogens (tertiary/aromatic N) is 2. The van der Waals surface area contributed by atoms with E-state index in [2.05, 4.69) is 5.32 Å². The first-order chi connectivity index (χ1) is 17.7. The number of alkyl halides is 3. The SMILES string of the molecule is CC[C@H](C(=O)NCC(C)C)N(Cc1ccccc1)C(=O)CCCN(c1cccc(C(F)(F)F)c1)S(C)(=O)=O. The Labute approximate surface area is 223 Å². The van der Waals surface area contributed by atoms with Crippen molar-refractivity contribution in [1.82, 2.24) is 10.2 Å². The van der Waals surface area contributed by atoms with E-state index >= 15 is 0 Å². The Morgan fingerprint density at radius 3 is 2.24 bits per heavy atom. The lowest BCUT2D eigenvalue weighted by Crippen LogP contribution is -2.49. The molecule has 2 amide bonds. The Hall–Kier alpha value is -3.08. The predicted octanol–water partition coefficient (Wildman–Crippen LogP) is 4.83. The van der Waals surface area contributed by atoms with Crippen LogP contribution in [0.4, 0.5) is 18.9 Å². The molecule has 0 aliphatic carbocycles. The van der Waals surface area contributed by atoms with Gasteiger partial charge in [-0.25, -0.2) is 8.42 Å². The third-order valence-corrected chi connectivity index (χ3v) is 7.07. The summed E-state index contributed by atoms with van der Waals surface area (Å²) in [6, 6.07) is 12.5. The van der Waals surface area contributed by atoms with Crippen LogP contribution in [0, 0.1) is 5.92 Å². The normalized spacial score (nSPS) is 12.7. The fraction of sp³-hybridized carbons (Fsp3) is 0.481. The van der Waals surface area contributed by atoms with Gasteiger partial charge in [-0.05, 0) is 42.5 Å². The van der Waals surface area contributed by atoms with Gasteiger partial charge in [-0.15, -0.1) is 0 Å². The first-order valence-electron chi connectivity index (χ1n) is 12.5. The molecule has 11 heteroatoms. The summed E-state index contributed by atoms with van der Waals surface area (Å²) >= 11 is 0. The molecule has 210 valence electrons. The van der Waals surface area contributed by atoms with Crippen molar-refractivity contribution in [2.45, 2.75) is 58.8 Å². The molecule has 0 fully saturated rings. The highest BCUT2D eigenvalue weighted by Gasteiger charge is 2.32. The minimum absolute atomic E-state index is 0.0531. The summed E-state index contributed by atoms with van der Waals surface area (Å²) < 4.78 is 65.2. The quantitative estimate of drug-likeness (QED) is 0.384. The summed E-state index contributed by atoms with van der Waals surface area (Å²) in [6.45, 7) is 6.20. The number of sulfonamides is 1. The summed E-state index contributed by atoms with van der Waals surface area (Å²) in [6.07, 6.45) is -3.38. The predicted molar refractivity (Wildman–Crippen MR) is 142 cm³/mol. The van der Waals surface area contributed by atoms with Crippen LogP contribution in [-0.4, -0.2) is 50.5 Å². The van der Waals surface area contributed by atoms with Gasteiger partial charge in [-0.2, -0.15) is 13.2 Å². The molecule has 0 radical (unpaired) electrons. The second-order valence-electron chi connectivity index (χ2n) is 9.56. The third-order valence-electron chi connectivity index (χ3n) is 5.88. The summed E-state index contributed by atoms with van der Waals surface area (Å²) in [5.41, 5.74) is -0.264. The zero-order valence-corrected chi connectivity index (χ0v) is 23.0. The number of hydrogen-bond acceptors (Lipinski definition) is 4. The molecule has 0 heterocycles. The molecule has 2 aromatic carbocycles. The Balaban J connectivity index is 2.22. The number of carbonyl (C=O) groups excluding carboxylic acids is 2. The summed E-state index contributed by atoms with van der Waals surface area (Å²) in [5.74, 6) is -0.391. The average molecular weight is 556 g/mol. The van der Waals surface area contributed by atoms with Crippen LogP contribution >= 0.6 is 0 Å². The zero-order chi connectivity index (χ0) is 28.5. The number of rotatable bonds is 13. The van der Waals surface area contributed by atoms with E-state index in [1.54, 1.807) is 0 Å². The Bertz CT molecular complexity index is 1170. The van der Waals surface area contributed by atoms with Gasteiger partial charge in [0.05, 0.1) is 17.5 Å². The second kappa shape index (κ2) is 13.6. The summed E-state index contributed by atoms with van der Waals surface area (Å²) in [7, 11) is -3.92. The van der Waals surface area contributed by atoms with Crippen molar-refractivity contribution in [3.8, 4) is 0 Å². The lowest BCUT2D eigenvalue weighted by molar-refractivity contribution is -0.141. The lowest BCUT2D eigenvalue weighted by atomic mass is 10.1. The molecular weight excluding hydrogens is 519 g/mol. The number of hydrogen-bond donors (Lipinski definition) is 1. The fourth-order valence-electron chi connectivity index (χ4n) is 3.96. The number of benzene rings is 2. The average Bonchev–Trinajstić information content (AvgIpc) is 2.84. The summed E-state index contributed by atoms with van der Waals surface area (Å²) in [4.78, 5) is 27.8. The van der Waals surface area contributed by atoms with Crippen molar-refractivity contribution in [1.29, 1.82) is 0 Å². The van der Waals surface area contributed by atoms with Crippen LogP contribution in [0.15, 0.2) is 54.6 Å². The van der Waals surface area contributed by atoms with Crippen molar-refractivity contribution in [2.75, 3.05) is 23.7 Å². The first kappa shape index (κ1) is 31.1. The van der Waals surface area contributed by atoms with E-state index in [0.29, 0.717) is 13.0 Å². The molecule has 0 spiro atoms. The molecule has 7 nitrogen and oxygen atoms in total. The van der Waals surface area contributed by atoms with E-state index in [9.17, 15) is 31.2 Å². The van der Waals surface area contributed by atoms with Crippen molar-refractivity contribution in [3.05, 3.63) is 65.7 Å². The van der Waals surface area contributed by atoms with Crippen LogP contribution in [0.1, 0.15) is 51.2 Å². The number of amides is 2. The second-order valence-corrected chi connectivity index (χ2v) is 11.5. The molecule has 0 saturated carbocycles. The Morgan fingerprint density at radius 2 is 1.68 bits per heavy atom. The molecule has 2 aromatic rings. The van der Waals surface area contributed by atoms with Crippen molar-refractivity contribution in [2.24, 2.45) is 5.92 Å². The highest BCUT2D eigenvalue weighted by Crippen LogP contribution is 2.32. The molecule has 38 heavy (non-hydrogen) atoms. The Kier molecular flexibility index (Phi) is 11.2. The fourth-order valence-corrected chi connectivity index (χ4v) is 4.92.